The van der Waals surface area contributed by atoms with Crippen LogP contribution in [0.2, 0.25) is 0 Å². The normalized spacial score (nSPS) is 10.8. The Bertz CT molecular complexity index is 810. The highest BCUT2D eigenvalue weighted by Crippen LogP contribution is 2.17. The molecule has 0 saturated heterocycles. The Morgan fingerprint density at radius 2 is 2.14 bits per heavy atom. The fraction of sp³-hybridized carbons (Fsp3) is 0.125. The number of aryl methyl sites for hydroxylation is 1. The van der Waals surface area contributed by atoms with Crippen molar-refractivity contribution in [2.45, 2.75) is 13.3 Å². The van der Waals surface area contributed by atoms with Gasteiger partial charge in [0.15, 0.2) is 0 Å². The number of imidazole rings is 1. The molecule has 0 radical (unpaired) electrons. The molecule has 3 aromatic rings. The number of halogens is 1. The number of aromatic amines is 1. The predicted molar refractivity (Wildman–Crippen MR) is 79.6 cm³/mol. The third-order valence-corrected chi connectivity index (χ3v) is 3.14. The van der Waals surface area contributed by atoms with Crippen LogP contribution in [0.25, 0.3) is 11.0 Å². The Labute approximate surface area is 121 Å². The van der Waals surface area contributed by atoms with E-state index in [9.17, 15) is 9.18 Å². The van der Waals surface area contributed by atoms with E-state index in [1.165, 1.54) is 12.1 Å². The minimum absolute atomic E-state index is 0.137. The number of carbonyl (C=O) groups excluding carboxylic acids is 1. The minimum atomic E-state index is -0.338. The summed E-state index contributed by atoms with van der Waals surface area (Å²) in [4.78, 5) is 19.4. The van der Waals surface area contributed by atoms with Crippen LogP contribution in [0.3, 0.4) is 0 Å². The van der Waals surface area contributed by atoms with Gasteiger partial charge in [-0.1, -0.05) is 12.1 Å². The number of H-pyrrole nitrogens is 1. The van der Waals surface area contributed by atoms with Crippen LogP contribution in [0, 0.1) is 12.7 Å². The van der Waals surface area contributed by atoms with Crippen molar-refractivity contribution in [3.8, 4) is 0 Å². The maximum Gasteiger partial charge on any atom is 0.228 e. The number of anilines is 1. The summed E-state index contributed by atoms with van der Waals surface area (Å²) in [7, 11) is 0. The van der Waals surface area contributed by atoms with Crippen molar-refractivity contribution in [1.29, 1.82) is 0 Å². The monoisotopic (exact) mass is 283 g/mol. The van der Waals surface area contributed by atoms with E-state index < -0.39 is 0 Å². The molecule has 106 valence electrons. The highest BCUT2D eigenvalue weighted by Gasteiger charge is 2.06. The van der Waals surface area contributed by atoms with Crippen LogP contribution in [0.5, 0.6) is 0 Å². The number of aromatic nitrogens is 2. The maximum absolute atomic E-state index is 13.1. The molecule has 1 amide bonds. The molecule has 0 fully saturated rings. The summed E-state index contributed by atoms with van der Waals surface area (Å²) in [6.45, 7) is 1.88. The number of carbonyl (C=O) groups is 1. The van der Waals surface area contributed by atoms with E-state index in [-0.39, 0.29) is 18.1 Å². The van der Waals surface area contributed by atoms with Gasteiger partial charge in [-0.15, -0.1) is 0 Å². The van der Waals surface area contributed by atoms with E-state index in [1.807, 2.05) is 19.1 Å². The fourth-order valence-corrected chi connectivity index (χ4v) is 2.25. The number of nitrogens with zero attached hydrogens (tertiary/aromatic N) is 1. The third-order valence-electron chi connectivity index (χ3n) is 3.14. The molecule has 0 aliphatic rings. The van der Waals surface area contributed by atoms with Crippen molar-refractivity contribution in [2.75, 3.05) is 5.32 Å². The average molecular weight is 283 g/mol. The van der Waals surface area contributed by atoms with Gasteiger partial charge in [0.2, 0.25) is 5.91 Å². The Morgan fingerprint density at radius 1 is 1.29 bits per heavy atom. The zero-order valence-corrected chi connectivity index (χ0v) is 11.5. The van der Waals surface area contributed by atoms with Gasteiger partial charge < -0.3 is 10.3 Å². The van der Waals surface area contributed by atoms with E-state index in [4.69, 9.17) is 0 Å². The molecule has 0 spiro atoms. The summed E-state index contributed by atoms with van der Waals surface area (Å²) >= 11 is 0. The lowest BCUT2D eigenvalue weighted by Gasteiger charge is -2.05. The third kappa shape index (κ3) is 3.08. The van der Waals surface area contributed by atoms with Gasteiger partial charge in [-0.05, 0) is 42.8 Å². The first-order chi connectivity index (χ1) is 10.1. The van der Waals surface area contributed by atoms with Gasteiger partial charge in [-0.25, -0.2) is 9.37 Å². The van der Waals surface area contributed by atoms with Crippen LogP contribution in [0.15, 0.2) is 42.5 Å². The smallest absolute Gasteiger partial charge is 0.228 e. The Kier molecular flexibility index (Phi) is 3.39. The lowest BCUT2D eigenvalue weighted by atomic mass is 10.1. The number of hydrogen-bond donors (Lipinski definition) is 2. The molecule has 0 unspecified atom stereocenters. The zero-order valence-electron chi connectivity index (χ0n) is 11.5. The van der Waals surface area contributed by atoms with Crippen molar-refractivity contribution in [3.05, 3.63) is 59.7 Å². The van der Waals surface area contributed by atoms with E-state index >= 15 is 0 Å². The molecule has 21 heavy (non-hydrogen) atoms. The van der Waals surface area contributed by atoms with Crippen LogP contribution < -0.4 is 5.32 Å². The Hall–Kier alpha value is -2.69. The Balaban J connectivity index is 1.73. The van der Waals surface area contributed by atoms with Crippen molar-refractivity contribution < 1.29 is 9.18 Å². The lowest BCUT2D eigenvalue weighted by Crippen LogP contribution is -2.14. The van der Waals surface area contributed by atoms with Gasteiger partial charge in [0.25, 0.3) is 0 Å². The number of benzene rings is 2. The summed E-state index contributed by atoms with van der Waals surface area (Å²) in [5.41, 5.74) is 3.06. The highest BCUT2D eigenvalue weighted by atomic mass is 19.1. The number of amides is 1. The largest absolute Gasteiger partial charge is 0.342 e. The van der Waals surface area contributed by atoms with Gasteiger partial charge in [0, 0.05) is 5.69 Å². The van der Waals surface area contributed by atoms with Crippen LogP contribution >= 0.6 is 0 Å². The molecule has 0 aliphatic heterocycles. The summed E-state index contributed by atoms with van der Waals surface area (Å²) < 4.78 is 13.1. The lowest BCUT2D eigenvalue weighted by molar-refractivity contribution is -0.115. The zero-order chi connectivity index (χ0) is 14.8. The van der Waals surface area contributed by atoms with E-state index in [0.29, 0.717) is 11.3 Å². The SMILES string of the molecule is Cc1nc2ccc(NC(=O)Cc3cccc(F)c3)cc2[nH]1. The van der Waals surface area contributed by atoms with Gasteiger partial charge >= 0.3 is 0 Å². The van der Waals surface area contributed by atoms with E-state index in [2.05, 4.69) is 15.3 Å². The van der Waals surface area contributed by atoms with E-state index in [1.54, 1.807) is 18.2 Å². The van der Waals surface area contributed by atoms with Crippen molar-refractivity contribution in [1.82, 2.24) is 9.97 Å². The maximum atomic E-state index is 13.1. The number of nitrogens with one attached hydrogen (secondary N) is 2. The summed E-state index contributed by atoms with van der Waals surface area (Å²) in [6, 6.07) is 11.5. The number of fused-ring (bicyclic) bond motifs is 1. The second-order valence-corrected chi connectivity index (χ2v) is 4.91. The molecule has 3 rings (SSSR count). The van der Waals surface area contributed by atoms with E-state index in [0.717, 1.165) is 16.9 Å². The Morgan fingerprint density at radius 3 is 2.95 bits per heavy atom. The van der Waals surface area contributed by atoms with Gasteiger partial charge in [-0.3, -0.25) is 4.79 Å². The quantitative estimate of drug-likeness (QED) is 0.775. The molecule has 0 saturated carbocycles. The molecule has 4 nitrogen and oxygen atoms in total. The molecule has 2 N–H and O–H groups in total. The minimum Gasteiger partial charge on any atom is -0.342 e. The van der Waals surface area contributed by atoms with Gasteiger partial charge in [0.1, 0.15) is 11.6 Å². The summed E-state index contributed by atoms with van der Waals surface area (Å²) in [5, 5.41) is 2.80. The molecule has 1 aromatic heterocycles. The average Bonchev–Trinajstić information content (AvgIpc) is 2.78. The molecular formula is C16H14FN3O. The topological polar surface area (TPSA) is 57.8 Å². The number of hydrogen-bond acceptors (Lipinski definition) is 2. The molecule has 5 heteroatoms. The second-order valence-electron chi connectivity index (χ2n) is 4.91. The van der Waals surface area contributed by atoms with Gasteiger partial charge in [-0.2, -0.15) is 0 Å². The molecule has 2 aromatic carbocycles. The predicted octanol–water partition coefficient (Wildman–Crippen LogP) is 3.19. The first kappa shape index (κ1) is 13.3. The van der Waals surface area contributed by atoms with Crippen LogP contribution in [0.4, 0.5) is 10.1 Å². The van der Waals surface area contributed by atoms with Crippen molar-refractivity contribution >= 4 is 22.6 Å². The summed E-state index contributed by atoms with van der Waals surface area (Å²) in [6.07, 6.45) is 0.137. The molecule has 0 bridgehead atoms. The van der Waals surface area contributed by atoms with Gasteiger partial charge in [0.05, 0.1) is 17.5 Å². The molecule has 0 aliphatic carbocycles. The first-order valence-electron chi connectivity index (χ1n) is 6.61. The standard InChI is InChI=1S/C16H14FN3O/c1-10-18-14-6-5-13(9-15(14)19-10)20-16(21)8-11-3-2-4-12(17)7-11/h2-7,9H,8H2,1H3,(H,18,19)(H,20,21). The second kappa shape index (κ2) is 5.36. The molecule has 0 atom stereocenters. The van der Waals surface area contributed by atoms with Crippen LogP contribution in [-0.2, 0) is 11.2 Å². The summed E-state index contributed by atoms with van der Waals surface area (Å²) in [5.74, 6) is 0.305. The number of rotatable bonds is 3. The fourth-order valence-electron chi connectivity index (χ4n) is 2.25. The molecule has 1 heterocycles. The van der Waals surface area contributed by atoms with Crippen molar-refractivity contribution in [2.24, 2.45) is 0 Å². The van der Waals surface area contributed by atoms with Crippen LogP contribution in [-0.4, -0.2) is 15.9 Å². The first-order valence-corrected chi connectivity index (χ1v) is 6.61. The highest BCUT2D eigenvalue weighted by molar-refractivity contribution is 5.94. The molecular weight excluding hydrogens is 269 g/mol. The van der Waals surface area contributed by atoms with Crippen molar-refractivity contribution in [3.63, 3.8) is 0 Å². The van der Waals surface area contributed by atoms with Crippen LogP contribution in [0.1, 0.15) is 11.4 Å².